The van der Waals surface area contributed by atoms with Gasteiger partial charge in [-0.15, -0.1) is 0 Å². The van der Waals surface area contributed by atoms with Crippen molar-refractivity contribution >= 4 is 29.8 Å². The van der Waals surface area contributed by atoms with Crippen molar-refractivity contribution in [3.63, 3.8) is 0 Å². The van der Waals surface area contributed by atoms with E-state index in [1.807, 2.05) is 91.0 Å². The predicted molar refractivity (Wildman–Crippen MR) is 380 cm³/mol. The highest BCUT2D eigenvalue weighted by Crippen LogP contribution is 2.43. The molecule has 11 rings (SSSR count). The van der Waals surface area contributed by atoms with E-state index < -0.39 is 62.9 Å². The van der Waals surface area contributed by atoms with Crippen LogP contribution in [0.1, 0.15) is 111 Å². The predicted octanol–water partition coefficient (Wildman–Crippen LogP) is 13.7. The minimum atomic E-state index is -0.617. The highest BCUT2D eigenvalue weighted by Gasteiger charge is 2.28. The highest BCUT2D eigenvalue weighted by atomic mass is 16.6. The summed E-state index contributed by atoms with van der Waals surface area (Å²) in [6.45, 7) is -2.31. The molecule has 0 fully saturated rings. The number of ether oxygens (including phenoxy) is 10. The Hall–Kier alpha value is -11.5. The Bertz CT molecular complexity index is 3710. The molecule has 0 saturated carbocycles. The molecule has 0 aromatic heterocycles. The second-order valence-corrected chi connectivity index (χ2v) is 24.7. The van der Waals surface area contributed by atoms with Gasteiger partial charge in [-0.3, -0.25) is 0 Å². The van der Waals surface area contributed by atoms with Crippen molar-refractivity contribution < 1.29 is 71.3 Å². The van der Waals surface area contributed by atoms with Gasteiger partial charge in [0.05, 0.1) is 35.5 Å². The quantitative estimate of drug-likeness (QED) is 0.0390. The standard InChI is InChI=1S/C85H80O15/c1-91-76(86)51-96-81-66-36-61(31-56-21-11-6-12-22-56)37-67(81)47-69-39-63(33-58-25-15-8-16-26-58)41-71(83(69)98-53-78(88)93-3)49-73-43-65(35-60-29-19-10-20-30-60)45-75(85(73)100-55-80(90)95-5)50-74-44-64(34-59-27-17-9-18-28-59)42-72(84(74)99-54-79(89)94-4)48-70-40-62(32-57-23-13-7-14-24-57)38-68(46-66)82(70)97-52-77(87)92-2/h6-30,36-45H,31-35,46-55H2,1-5H3. The zero-order chi connectivity index (χ0) is 69.7. The van der Waals surface area contributed by atoms with Gasteiger partial charge >= 0.3 is 29.8 Å². The van der Waals surface area contributed by atoms with Crippen LogP contribution in [0.2, 0.25) is 0 Å². The fourth-order valence-electron chi connectivity index (χ4n) is 13.0. The van der Waals surface area contributed by atoms with Crippen LogP contribution in [-0.2, 0) is 112 Å². The molecule has 0 amide bonds. The molecular formula is C85H80O15. The summed E-state index contributed by atoms with van der Waals surface area (Å²) in [4.78, 5) is 67.8. The van der Waals surface area contributed by atoms with Gasteiger partial charge in [-0.05, 0) is 143 Å². The highest BCUT2D eigenvalue weighted by molar-refractivity contribution is 5.74. The van der Waals surface area contributed by atoms with Gasteiger partial charge in [-0.2, -0.15) is 0 Å². The molecule has 15 heteroatoms. The zero-order valence-corrected chi connectivity index (χ0v) is 56.9. The summed E-state index contributed by atoms with van der Waals surface area (Å²) in [6, 6.07) is 71.4. The van der Waals surface area contributed by atoms with Crippen molar-refractivity contribution in [1.29, 1.82) is 0 Å². The number of methoxy groups -OCH3 is 5. The van der Waals surface area contributed by atoms with Crippen LogP contribution in [0, 0.1) is 0 Å². The number of benzene rings is 10. The average molecular weight is 1340 g/mol. The minimum absolute atomic E-state index is 0.141. The summed E-state index contributed by atoms with van der Waals surface area (Å²) in [6.07, 6.45) is 3.14. The maximum Gasteiger partial charge on any atom is 0.343 e. The molecule has 10 aromatic carbocycles. The maximum atomic E-state index is 13.6. The van der Waals surface area contributed by atoms with E-state index in [1.54, 1.807) is 0 Å². The van der Waals surface area contributed by atoms with E-state index in [-0.39, 0.29) is 32.1 Å². The fourth-order valence-corrected chi connectivity index (χ4v) is 13.0. The van der Waals surface area contributed by atoms with Crippen molar-refractivity contribution in [2.75, 3.05) is 68.6 Å². The monoisotopic (exact) mass is 1340 g/mol. The van der Waals surface area contributed by atoms with Crippen LogP contribution in [-0.4, -0.2) is 98.4 Å². The van der Waals surface area contributed by atoms with Crippen LogP contribution in [0.15, 0.2) is 212 Å². The summed E-state index contributed by atoms with van der Waals surface area (Å²) in [5.74, 6) is -1.17. The first-order valence-electron chi connectivity index (χ1n) is 33.2. The van der Waals surface area contributed by atoms with E-state index in [0.29, 0.717) is 116 Å². The molecule has 100 heavy (non-hydrogen) atoms. The van der Waals surface area contributed by atoms with Gasteiger partial charge in [-0.1, -0.05) is 212 Å². The van der Waals surface area contributed by atoms with Gasteiger partial charge in [0.15, 0.2) is 33.0 Å². The molecule has 10 bridgehead atoms. The number of fused-ring (bicyclic) bond motifs is 10. The molecule has 0 unspecified atom stereocenters. The largest absolute Gasteiger partial charge is 0.481 e. The normalized spacial score (nSPS) is 11.7. The summed E-state index contributed by atoms with van der Waals surface area (Å²) in [5, 5.41) is 0. The van der Waals surface area contributed by atoms with Crippen molar-refractivity contribution in [1.82, 2.24) is 0 Å². The van der Waals surface area contributed by atoms with Gasteiger partial charge < -0.3 is 47.4 Å². The molecule has 15 nitrogen and oxygen atoms in total. The Morgan fingerprint density at radius 2 is 0.360 bits per heavy atom. The molecule has 0 atom stereocenters. The Balaban J connectivity index is 1.29. The summed E-state index contributed by atoms with van der Waals surface area (Å²) < 4.78 is 60.7. The lowest BCUT2D eigenvalue weighted by molar-refractivity contribution is -0.143. The van der Waals surface area contributed by atoms with E-state index >= 15 is 0 Å². The lowest BCUT2D eigenvalue weighted by atomic mass is 9.86. The van der Waals surface area contributed by atoms with Crippen LogP contribution >= 0.6 is 0 Å². The van der Waals surface area contributed by atoms with Crippen LogP contribution in [0.3, 0.4) is 0 Å². The molecule has 0 heterocycles. The molecule has 0 aliphatic heterocycles. The third-order valence-corrected chi connectivity index (χ3v) is 17.5. The van der Waals surface area contributed by atoms with Gasteiger partial charge in [0, 0.05) is 32.1 Å². The molecule has 0 N–H and O–H groups in total. The first kappa shape index (κ1) is 69.9. The molecule has 0 spiro atoms. The van der Waals surface area contributed by atoms with E-state index in [4.69, 9.17) is 47.4 Å². The second-order valence-electron chi connectivity index (χ2n) is 24.7. The van der Waals surface area contributed by atoms with Gasteiger partial charge in [-0.25, -0.2) is 24.0 Å². The number of carbonyl (C=O) groups is 5. The number of esters is 5. The van der Waals surface area contributed by atoms with E-state index in [1.165, 1.54) is 35.5 Å². The first-order chi connectivity index (χ1) is 48.8. The molecule has 1 aliphatic carbocycles. The molecule has 510 valence electrons. The first-order valence-corrected chi connectivity index (χ1v) is 33.2. The van der Waals surface area contributed by atoms with Gasteiger partial charge in [0.1, 0.15) is 28.7 Å². The van der Waals surface area contributed by atoms with Gasteiger partial charge in [0.2, 0.25) is 0 Å². The van der Waals surface area contributed by atoms with Gasteiger partial charge in [0.25, 0.3) is 0 Å². The van der Waals surface area contributed by atoms with E-state index in [9.17, 15) is 24.0 Å². The van der Waals surface area contributed by atoms with Crippen LogP contribution < -0.4 is 23.7 Å². The van der Waals surface area contributed by atoms with Crippen LogP contribution in [0.4, 0.5) is 0 Å². The third kappa shape index (κ3) is 18.8. The number of rotatable bonds is 25. The Morgan fingerprint density at radius 3 is 0.490 bits per heavy atom. The Labute approximate surface area is 583 Å². The van der Waals surface area contributed by atoms with Crippen molar-refractivity contribution in [3.8, 4) is 28.7 Å². The topological polar surface area (TPSA) is 178 Å². The second kappa shape index (κ2) is 34.2. The lowest BCUT2D eigenvalue weighted by Crippen LogP contribution is -2.18. The maximum absolute atomic E-state index is 13.6. The molecule has 10 aromatic rings. The summed E-state index contributed by atoms with van der Waals surface area (Å²) in [7, 11) is 6.54. The third-order valence-electron chi connectivity index (χ3n) is 17.5. The average Bonchev–Trinajstić information content (AvgIpc) is 0.778. The number of hydrogen-bond acceptors (Lipinski definition) is 15. The number of carbonyl (C=O) groups excluding carboxylic acids is 5. The van der Waals surface area contributed by atoms with Crippen LogP contribution in [0.25, 0.3) is 0 Å². The molecule has 1 aliphatic rings. The Kier molecular flexibility index (Phi) is 23.9. The van der Waals surface area contributed by atoms with Crippen molar-refractivity contribution in [3.05, 3.63) is 324 Å². The minimum Gasteiger partial charge on any atom is -0.481 e. The van der Waals surface area contributed by atoms with E-state index in [0.717, 1.165) is 55.6 Å². The zero-order valence-electron chi connectivity index (χ0n) is 56.9. The van der Waals surface area contributed by atoms with Crippen LogP contribution in [0.5, 0.6) is 28.7 Å². The van der Waals surface area contributed by atoms with Crippen molar-refractivity contribution in [2.24, 2.45) is 0 Å². The molecular weight excluding hydrogens is 1260 g/mol. The van der Waals surface area contributed by atoms with E-state index in [2.05, 4.69) is 121 Å². The smallest absolute Gasteiger partial charge is 0.343 e. The summed E-state index contributed by atoms with van der Waals surface area (Å²) in [5.41, 5.74) is 16.5. The lowest BCUT2D eigenvalue weighted by Gasteiger charge is -2.25. The SMILES string of the molecule is COC(=O)COc1c2cc(Cc3ccccc3)cc1Cc1cc(Cc3ccccc3)cc(c1OCC(=O)OC)Cc1cc(Cc3ccccc3)cc(c1OCC(=O)OC)Cc1cc(Cc3ccccc3)cc(c1OCC(=O)OC)Cc1cc(Cc3ccccc3)cc(c1OCC(=O)OC)C2. The fraction of sp³-hybridized carbons (Fsp3) is 0.235. The Morgan fingerprint density at radius 1 is 0.220 bits per heavy atom. The molecule has 0 saturated heterocycles. The molecule has 0 radical (unpaired) electrons. The van der Waals surface area contributed by atoms with Crippen molar-refractivity contribution in [2.45, 2.75) is 64.2 Å². The number of hydrogen-bond donors (Lipinski definition) is 0. The summed E-state index contributed by atoms with van der Waals surface area (Å²) >= 11 is 0.